The summed E-state index contributed by atoms with van der Waals surface area (Å²) >= 11 is 0. The van der Waals surface area contributed by atoms with Gasteiger partial charge in [0.1, 0.15) is 6.04 Å². The fourth-order valence-electron chi connectivity index (χ4n) is 1.70. The Morgan fingerprint density at radius 1 is 1.50 bits per heavy atom. The lowest BCUT2D eigenvalue weighted by Crippen LogP contribution is -2.45. The zero-order valence-electron chi connectivity index (χ0n) is 8.19. The first kappa shape index (κ1) is 11.0. The largest absolute Gasteiger partial charge is 0.480 e. The Kier molecular flexibility index (Phi) is 3.46. The number of carbonyl (C=O) groups is 2. The van der Waals surface area contributed by atoms with Crippen molar-refractivity contribution in [3.8, 4) is 0 Å². The van der Waals surface area contributed by atoms with Crippen LogP contribution in [0.5, 0.6) is 0 Å². The summed E-state index contributed by atoms with van der Waals surface area (Å²) in [4.78, 5) is 22.0. The fourth-order valence-corrected chi connectivity index (χ4v) is 1.70. The average Bonchev–Trinajstić information content (AvgIpc) is 2.51. The molecule has 0 aromatic heterocycles. The molecule has 1 rings (SSSR count). The Morgan fingerprint density at radius 2 is 2.14 bits per heavy atom. The minimum Gasteiger partial charge on any atom is -0.480 e. The number of hydrogen-bond donors (Lipinski definition) is 3. The van der Waals surface area contributed by atoms with Gasteiger partial charge in [-0.1, -0.05) is 6.42 Å². The van der Waals surface area contributed by atoms with E-state index in [2.05, 4.69) is 5.32 Å². The van der Waals surface area contributed by atoms with Crippen LogP contribution in [-0.2, 0) is 9.59 Å². The van der Waals surface area contributed by atoms with Gasteiger partial charge in [0.2, 0.25) is 5.91 Å². The van der Waals surface area contributed by atoms with Crippen LogP contribution in [0.3, 0.4) is 0 Å². The topological polar surface area (TPSA) is 92.4 Å². The molecule has 3 atom stereocenters. The molecule has 0 saturated heterocycles. The zero-order valence-corrected chi connectivity index (χ0v) is 8.19. The maximum Gasteiger partial charge on any atom is 0.325 e. The summed E-state index contributed by atoms with van der Waals surface area (Å²) in [6, 6.07) is -0.953. The SMILES string of the molecule is C[C@@H](NC(=O)[C@@H]1CCC[C@@H]1N)C(=O)O. The molecule has 14 heavy (non-hydrogen) atoms. The van der Waals surface area contributed by atoms with Crippen molar-refractivity contribution in [3.63, 3.8) is 0 Å². The summed E-state index contributed by atoms with van der Waals surface area (Å²) in [7, 11) is 0. The van der Waals surface area contributed by atoms with Crippen LogP contribution in [0.1, 0.15) is 26.2 Å². The highest BCUT2D eigenvalue weighted by Crippen LogP contribution is 2.23. The van der Waals surface area contributed by atoms with Gasteiger partial charge in [-0.05, 0) is 19.8 Å². The number of nitrogens with one attached hydrogen (secondary N) is 1. The molecule has 1 amide bonds. The van der Waals surface area contributed by atoms with E-state index in [0.29, 0.717) is 0 Å². The molecule has 1 aliphatic carbocycles. The van der Waals surface area contributed by atoms with Gasteiger partial charge < -0.3 is 16.2 Å². The molecule has 0 unspecified atom stereocenters. The molecule has 0 bridgehead atoms. The van der Waals surface area contributed by atoms with Crippen molar-refractivity contribution < 1.29 is 14.7 Å². The number of carbonyl (C=O) groups excluding carboxylic acids is 1. The number of rotatable bonds is 3. The number of amides is 1. The van der Waals surface area contributed by atoms with Gasteiger partial charge in [-0.2, -0.15) is 0 Å². The minimum atomic E-state index is -1.02. The van der Waals surface area contributed by atoms with Gasteiger partial charge in [-0.25, -0.2) is 0 Å². The first-order chi connectivity index (χ1) is 6.52. The number of aliphatic carboxylic acids is 1. The first-order valence-electron chi connectivity index (χ1n) is 4.81. The molecular weight excluding hydrogens is 184 g/mol. The Morgan fingerprint density at radius 3 is 2.57 bits per heavy atom. The molecule has 1 aliphatic rings. The lowest BCUT2D eigenvalue weighted by atomic mass is 10.0. The Hall–Kier alpha value is -1.10. The third kappa shape index (κ3) is 2.45. The van der Waals surface area contributed by atoms with Crippen LogP contribution in [0.15, 0.2) is 0 Å². The van der Waals surface area contributed by atoms with E-state index >= 15 is 0 Å². The second kappa shape index (κ2) is 4.41. The first-order valence-corrected chi connectivity index (χ1v) is 4.81. The molecule has 1 fully saturated rings. The van der Waals surface area contributed by atoms with Gasteiger partial charge in [0.15, 0.2) is 0 Å². The van der Waals surface area contributed by atoms with Crippen molar-refractivity contribution in [2.24, 2.45) is 11.7 Å². The number of nitrogens with two attached hydrogens (primary N) is 1. The van der Waals surface area contributed by atoms with Crippen molar-refractivity contribution in [1.29, 1.82) is 0 Å². The van der Waals surface area contributed by atoms with E-state index < -0.39 is 12.0 Å². The van der Waals surface area contributed by atoms with Crippen LogP contribution in [-0.4, -0.2) is 29.1 Å². The molecule has 0 aliphatic heterocycles. The lowest BCUT2D eigenvalue weighted by Gasteiger charge is -2.17. The molecular formula is C9H16N2O3. The summed E-state index contributed by atoms with van der Waals surface area (Å²) < 4.78 is 0. The van der Waals surface area contributed by atoms with Gasteiger partial charge in [-0.15, -0.1) is 0 Å². The molecule has 4 N–H and O–H groups in total. The van der Waals surface area contributed by atoms with E-state index in [1.807, 2.05) is 0 Å². The van der Waals surface area contributed by atoms with E-state index in [0.717, 1.165) is 19.3 Å². The second-order valence-corrected chi connectivity index (χ2v) is 3.77. The predicted octanol–water partition coefficient (Wildman–Crippen LogP) is -0.297. The summed E-state index contributed by atoms with van der Waals surface area (Å²) in [6.07, 6.45) is 2.56. The quantitative estimate of drug-likeness (QED) is 0.583. The van der Waals surface area contributed by atoms with Crippen molar-refractivity contribution in [3.05, 3.63) is 0 Å². The Bertz CT molecular complexity index is 242. The summed E-state index contributed by atoms with van der Waals surface area (Å²) in [5, 5.41) is 11.0. The number of carboxylic acid groups (broad SMARTS) is 1. The highest BCUT2D eigenvalue weighted by molar-refractivity contribution is 5.85. The summed E-state index contributed by atoms with van der Waals surface area (Å²) in [5.74, 6) is -1.47. The average molecular weight is 200 g/mol. The molecule has 80 valence electrons. The van der Waals surface area contributed by atoms with E-state index in [1.165, 1.54) is 6.92 Å². The van der Waals surface area contributed by atoms with Crippen LogP contribution in [0, 0.1) is 5.92 Å². The monoisotopic (exact) mass is 200 g/mol. The molecule has 5 heteroatoms. The van der Waals surface area contributed by atoms with E-state index in [4.69, 9.17) is 10.8 Å². The lowest BCUT2D eigenvalue weighted by molar-refractivity contribution is -0.142. The Labute approximate surface area is 82.7 Å². The van der Waals surface area contributed by atoms with E-state index in [1.54, 1.807) is 0 Å². The van der Waals surface area contributed by atoms with Gasteiger partial charge in [-0.3, -0.25) is 9.59 Å². The highest BCUT2D eigenvalue weighted by atomic mass is 16.4. The normalized spacial score (nSPS) is 28.4. The van der Waals surface area contributed by atoms with E-state index in [9.17, 15) is 9.59 Å². The minimum absolute atomic E-state index is 0.115. The Balaban J connectivity index is 2.45. The maximum absolute atomic E-state index is 11.5. The van der Waals surface area contributed by atoms with Crippen LogP contribution >= 0.6 is 0 Å². The van der Waals surface area contributed by atoms with Crippen molar-refractivity contribution in [2.45, 2.75) is 38.3 Å². The van der Waals surface area contributed by atoms with Gasteiger partial charge >= 0.3 is 5.97 Å². The van der Waals surface area contributed by atoms with E-state index in [-0.39, 0.29) is 17.9 Å². The predicted molar refractivity (Wildman–Crippen MR) is 50.6 cm³/mol. The van der Waals surface area contributed by atoms with Crippen LogP contribution < -0.4 is 11.1 Å². The standard InChI is InChI=1S/C9H16N2O3/c1-5(9(13)14)11-8(12)6-3-2-4-7(6)10/h5-7H,2-4,10H2,1H3,(H,11,12)(H,13,14)/t5-,6-,7+/m1/s1. The number of hydrogen-bond acceptors (Lipinski definition) is 3. The molecule has 0 aromatic carbocycles. The van der Waals surface area contributed by atoms with Crippen LogP contribution in [0.2, 0.25) is 0 Å². The fraction of sp³-hybridized carbons (Fsp3) is 0.778. The zero-order chi connectivity index (χ0) is 10.7. The highest BCUT2D eigenvalue weighted by Gasteiger charge is 2.31. The van der Waals surface area contributed by atoms with Crippen LogP contribution in [0.25, 0.3) is 0 Å². The summed E-state index contributed by atoms with van der Waals surface area (Å²) in [5.41, 5.74) is 5.72. The molecule has 0 heterocycles. The maximum atomic E-state index is 11.5. The molecule has 0 aromatic rings. The molecule has 5 nitrogen and oxygen atoms in total. The number of carboxylic acids is 1. The molecule has 0 radical (unpaired) electrons. The van der Waals surface area contributed by atoms with Crippen molar-refractivity contribution in [1.82, 2.24) is 5.32 Å². The van der Waals surface area contributed by atoms with Crippen LogP contribution in [0.4, 0.5) is 0 Å². The van der Waals surface area contributed by atoms with Crippen molar-refractivity contribution in [2.75, 3.05) is 0 Å². The smallest absolute Gasteiger partial charge is 0.325 e. The van der Waals surface area contributed by atoms with Gasteiger partial charge in [0.05, 0.1) is 5.92 Å². The third-order valence-corrected chi connectivity index (χ3v) is 2.64. The molecule has 1 saturated carbocycles. The summed E-state index contributed by atoms with van der Waals surface area (Å²) in [6.45, 7) is 1.45. The molecule has 0 spiro atoms. The van der Waals surface area contributed by atoms with Gasteiger partial charge in [0.25, 0.3) is 0 Å². The van der Waals surface area contributed by atoms with Gasteiger partial charge in [0, 0.05) is 6.04 Å². The van der Waals surface area contributed by atoms with Crippen molar-refractivity contribution >= 4 is 11.9 Å². The third-order valence-electron chi connectivity index (χ3n) is 2.64. The second-order valence-electron chi connectivity index (χ2n) is 3.77.